The second-order valence-electron chi connectivity index (χ2n) is 6.30. The summed E-state index contributed by atoms with van der Waals surface area (Å²) in [4.78, 5) is 26.3. The molecule has 0 unspecified atom stereocenters. The molecule has 0 fully saturated rings. The van der Waals surface area contributed by atoms with Gasteiger partial charge in [0.05, 0.1) is 24.9 Å². The molecule has 6 nitrogen and oxygen atoms in total. The number of halogens is 1. The lowest BCUT2D eigenvalue weighted by molar-refractivity contribution is -0.116. The first-order chi connectivity index (χ1) is 14.5. The number of benzene rings is 3. The highest BCUT2D eigenvalue weighted by Gasteiger charge is 2.18. The highest BCUT2D eigenvalue weighted by atomic mass is 35.5. The van der Waals surface area contributed by atoms with E-state index < -0.39 is 5.97 Å². The molecule has 0 saturated heterocycles. The van der Waals surface area contributed by atoms with E-state index in [2.05, 4.69) is 10.3 Å². The number of anilines is 1. The lowest BCUT2D eigenvalue weighted by atomic mass is 10.0. The van der Waals surface area contributed by atoms with Crippen LogP contribution in [-0.2, 0) is 4.79 Å². The third kappa shape index (κ3) is 5.24. The van der Waals surface area contributed by atoms with Crippen molar-refractivity contribution in [2.24, 2.45) is 4.99 Å². The molecular formula is C23H19ClN2O4. The van der Waals surface area contributed by atoms with Crippen LogP contribution in [0.3, 0.4) is 0 Å². The van der Waals surface area contributed by atoms with E-state index >= 15 is 0 Å². The number of hydrogen-bond acceptors (Lipinski definition) is 4. The van der Waals surface area contributed by atoms with Gasteiger partial charge in [-0.2, -0.15) is 0 Å². The first kappa shape index (κ1) is 21.1. The predicted molar refractivity (Wildman–Crippen MR) is 117 cm³/mol. The van der Waals surface area contributed by atoms with E-state index in [0.29, 0.717) is 16.5 Å². The molecule has 0 saturated carbocycles. The minimum absolute atomic E-state index is 0.189. The Kier molecular flexibility index (Phi) is 6.83. The van der Waals surface area contributed by atoms with E-state index in [4.69, 9.17) is 21.4 Å². The van der Waals surface area contributed by atoms with Gasteiger partial charge in [0.15, 0.2) is 0 Å². The normalized spacial score (nSPS) is 12.3. The van der Waals surface area contributed by atoms with E-state index in [1.165, 1.54) is 19.2 Å². The van der Waals surface area contributed by atoms with Crippen LogP contribution >= 0.6 is 11.6 Å². The highest BCUT2D eigenvalue weighted by Crippen LogP contribution is 2.25. The maximum absolute atomic E-state index is 11.7. The first-order valence-electron chi connectivity index (χ1n) is 9.06. The summed E-state index contributed by atoms with van der Waals surface area (Å²) >= 11 is 6.05. The van der Waals surface area contributed by atoms with E-state index in [1.807, 2.05) is 42.5 Å². The van der Waals surface area contributed by atoms with Crippen molar-refractivity contribution < 1.29 is 19.4 Å². The zero-order valence-electron chi connectivity index (χ0n) is 16.1. The van der Waals surface area contributed by atoms with Crippen LogP contribution in [0.4, 0.5) is 5.69 Å². The summed E-state index contributed by atoms with van der Waals surface area (Å²) in [5.41, 5.74) is 3.56. The Hall–Kier alpha value is -3.64. The van der Waals surface area contributed by atoms with E-state index in [9.17, 15) is 9.59 Å². The molecule has 2 N–H and O–H groups in total. The zero-order chi connectivity index (χ0) is 21.5. The number of fused-ring (bicyclic) bond motifs is 1. The minimum Gasteiger partial charge on any atom is -0.497 e. The quantitative estimate of drug-likeness (QED) is 0.647. The Morgan fingerprint density at radius 1 is 1.07 bits per heavy atom. The predicted octanol–water partition coefficient (Wildman–Crippen LogP) is 4.52. The molecule has 1 aliphatic heterocycles. The number of nitrogens with one attached hydrogen (secondary N) is 1. The maximum atomic E-state index is 11.7. The molecule has 7 heteroatoms. The van der Waals surface area contributed by atoms with Gasteiger partial charge in [-0.3, -0.25) is 4.79 Å². The molecule has 1 aliphatic rings. The third-order valence-electron chi connectivity index (χ3n) is 4.29. The third-order valence-corrected chi connectivity index (χ3v) is 4.52. The second kappa shape index (κ2) is 9.71. The molecule has 4 rings (SSSR count). The molecule has 0 aromatic heterocycles. The van der Waals surface area contributed by atoms with Gasteiger partial charge in [0.1, 0.15) is 5.75 Å². The molecule has 3 aromatic carbocycles. The Bertz CT molecular complexity index is 1080. The van der Waals surface area contributed by atoms with Crippen LogP contribution in [0.15, 0.2) is 77.8 Å². The average molecular weight is 423 g/mol. The summed E-state index contributed by atoms with van der Waals surface area (Å²) < 4.78 is 4.86. The van der Waals surface area contributed by atoms with Gasteiger partial charge in [0.2, 0.25) is 0 Å². The van der Waals surface area contributed by atoms with Crippen LogP contribution in [0.5, 0.6) is 5.75 Å². The topological polar surface area (TPSA) is 88.0 Å². The second-order valence-corrected chi connectivity index (χ2v) is 6.73. The fourth-order valence-electron chi connectivity index (χ4n) is 2.81. The van der Waals surface area contributed by atoms with Crippen molar-refractivity contribution in [1.82, 2.24) is 0 Å². The van der Waals surface area contributed by atoms with Crippen LogP contribution in [0, 0.1) is 0 Å². The van der Waals surface area contributed by atoms with Gasteiger partial charge in [0.25, 0.3) is 5.91 Å². The van der Waals surface area contributed by atoms with E-state index in [1.54, 1.807) is 18.2 Å². The van der Waals surface area contributed by atoms with Gasteiger partial charge in [-0.25, -0.2) is 9.79 Å². The number of carbonyl (C=O) groups is 2. The van der Waals surface area contributed by atoms with Gasteiger partial charge < -0.3 is 15.2 Å². The Labute approximate surface area is 178 Å². The highest BCUT2D eigenvalue weighted by molar-refractivity contribution is 6.32. The molecule has 1 heterocycles. The fourth-order valence-corrected chi connectivity index (χ4v) is 2.98. The number of nitrogens with zero attached hydrogens (tertiary/aromatic N) is 1. The van der Waals surface area contributed by atoms with Crippen molar-refractivity contribution in [1.29, 1.82) is 0 Å². The molecule has 1 amide bonds. The fraction of sp³-hybridized carbons (Fsp3) is 0.0870. The van der Waals surface area contributed by atoms with Gasteiger partial charge in [-0.05, 0) is 42.5 Å². The van der Waals surface area contributed by atoms with Crippen LogP contribution in [-0.4, -0.2) is 36.3 Å². The van der Waals surface area contributed by atoms with Gasteiger partial charge in [0, 0.05) is 21.8 Å². The molecule has 0 radical (unpaired) electrons. The van der Waals surface area contributed by atoms with Crippen molar-refractivity contribution in [2.45, 2.75) is 0 Å². The number of aliphatic imine (C=N–C) groups is 1. The summed E-state index contributed by atoms with van der Waals surface area (Å²) in [5.74, 6) is -0.450. The van der Waals surface area contributed by atoms with E-state index in [-0.39, 0.29) is 18.0 Å². The lowest BCUT2D eigenvalue weighted by Crippen LogP contribution is -2.09. The monoisotopic (exact) mass is 422 g/mol. The Morgan fingerprint density at radius 2 is 1.77 bits per heavy atom. The number of carboxylic acid groups (broad SMARTS) is 1. The largest absolute Gasteiger partial charge is 0.497 e. The molecule has 3 aromatic rings. The van der Waals surface area contributed by atoms with Crippen molar-refractivity contribution >= 4 is 34.9 Å². The number of rotatable bonds is 3. The standard InChI is InChI=1S/C15H11ClN2O.C8H8O3/c16-11-6-7-13-12(8-11)15(18-14(19)9-17-13)10-4-2-1-3-5-10;1-11-7-4-2-6(3-5-7)8(9)10/h1-8,17H,9H2;2-5H,1H3,(H,9,10). The Morgan fingerprint density at radius 3 is 2.40 bits per heavy atom. The number of hydrogen-bond donors (Lipinski definition) is 2. The first-order valence-corrected chi connectivity index (χ1v) is 9.44. The SMILES string of the molecule is COc1ccc(C(=O)O)cc1.O=C1CNc2ccc(Cl)cc2C(c2ccccc2)=N1. The molecule has 0 atom stereocenters. The summed E-state index contributed by atoms with van der Waals surface area (Å²) in [6, 6.07) is 21.4. The molecular weight excluding hydrogens is 404 g/mol. The number of amides is 1. The lowest BCUT2D eigenvalue weighted by Gasteiger charge is -2.10. The molecule has 0 spiro atoms. The van der Waals surface area contributed by atoms with E-state index in [0.717, 1.165) is 16.8 Å². The molecule has 0 bridgehead atoms. The number of aromatic carboxylic acids is 1. The van der Waals surface area contributed by atoms with Crippen LogP contribution < -0.4 is 10.1 Å². The smallest absolute Gasteiger partial charge is 0.335 e. The number of methoxy groups -OCH3 is 1. The van der Waals surface area contributed by atoms with Crippen molar-refractivity contribution in [3.63, 3.8) is 0 Å². The van der Waals surface area contributed by atoms with Crippen molar-refractivity contribution in [3.05, 3.63) is 94.5 Å². The van der Waals surface area contributed by atoms with Crippen LogP contribution in [0.1, 0.15) is 21.5 Å². The van der Waals surface area contributed by atoms with Gasteiger partial charge in [-0.1, -0.05) is 41.9 Å². The van der Waals surface area contributed by atoms with Crippen molar-refractivity contribution in [2.75, 3.05) is 19.0 Å². The average Bonchev–Trinajstić information content (AvgIpc) is 2.93. The minimum atomic E-state index is -0.923. The zero-order valence-corrected chi connectivity index (χ0v) is 16.9. The molecule has 30 heavy (non-hydrogen) atoms. The summed E-state index contributed by atoms with van der Waals surface area (Å²) in [6.45, 7) is 0.199. The molecule has 152 valence electrons. The van der Waals surface area contributed by atoms with Gasteiger partial charge in [-0.15, -0.1) is 0 Å². The van der Waals surface area contributed by atoms with Crippen molar-refractivity contribution in [3.8, 4) is 5.75 Å². The van der Waals surface area contributed by atoms with Crippen LogP contribution in [0.2, 0.25) is 5.02 Å². The van der Waals surface area contributed by atoms with Gasteiger partial charge >= 0.3 is 5.97 Å². The molecule has 0 aliphatic carbocycles. The number of carboxylic acids is 1. The van der Waals surface area contributed by atoms with Crippen LogP contribution in [0.25, 0.3) is 0 Å². The number of benzodiazepines with no additional fused rings is 1. The summed E-state index contributed by atoms with van der Waals surface area (Å²) in [5, 5.41) is 12.2. The number of ether oxygens (including phenoxy) is 1. The maximum Gasteiger partial charge on any atom is 0.335 e. The summed E-state index contributed by atoms with van der Waals surface area (Å²) in [6.07, 6.45) is 0. The summed E-state index contributed by atoms with van der Waals surface area (Å²) in [7, 11) is 1.54. The number of carbonyl (C=O) groups excluding carboxylic acids is 1. The Balaban J connectivity index is 0.000000199.